The van der Waals surface area contributed by atoms with E-state index in [9.17, 15) is 10.1 Å². The summed E-state index contributed by atoms with van der Waals surface area (Å²) in [7, 11) is 0. The van der Waals surface area contributed by atoms with Crippen molar-refractivity contribution in [2.75, 3.05) is 6.54 Å². The van der Waals surface area contributed by atoms with Gasteiger partial charge in [0.15, 0.2) is 0 Å². The van der Waals surface area contributed by atoms with Gasteiger partial charge >= 0.3 is 0 Å². The lowest BCUT2D eigenvalue weighted by Gasteiger charge is -2.06. The maximum atomic E-state index is 10.8. The molecular formula is C15H16N2O2. The molecular weight excluding hydrogens is 240 g/mol. The van der Waals surface area contributed by atoms with E-state index in [2.05, 4.69) is 18.3 Å². The molecule has 0 unspecified atom stereocenters. The van der Waals surface area contributed by atoms with E-state index < -0.39 is 0 Å². The highest BCUT2D eigenvalue weighted by molar-refractivity contribution is 5.66. The van der Waals surface area contributed by atoms with Gasteiger partial charge in [0.05, 0.1) is 4.92 Å². The largest absolute Gasteiger partial charge is 0.313 e. The molecule has 0 bridgehead atoms. The fourth-order valence-corrected chi connectivity index (χ4v) is 1.93. The first-order valence-corrected chi connectivity index (χ1v) is 6.25. The Balaban J connectivity index is 2.30. The van der Waals surface area contributed by atoms with E-state index in [1.165, 1.54) is 11.6 Å². The topological polar surface area (TPSA) is 55.2 Å². The molecule has 2 rings (SSSR count). The molecule has 2 aromatic rings. The van der Waals surface area contributed by atoms with E-state index in [4.69, 9.17) is 0 Å². The summed E-state index contributed by atoms with van der Waals surface area (Å²) in [4.78, 5) is 10.4. The molecule has 0 saturated heterocycles. The molecule has 2 aromatic carbocycles. The summed E-state index contributed by atoms with van der Waals surface area (Å²) in [6, 6.07) is 14.8. The highest BCUT2D eigenvalue weighted by atomic mass is 16.6. The number of benzene rings is 2. The van der Waals surface area contributed by atoms with Gasteiger partial charge < -0.3 is 5.32 Å². The zero-order valence-corrected chi connectivity index (χ0v) is 10.8. The van der Waals surface area contributed by atoms with E-state index in [1.807, 2.05) is 24.3 Å². The zero-order valence-electron chi connectivity index (χ0n) is 10.8. The Morgan fingerprint density at radius 1 is 1.11 bits per heavy atom. The molecule has 0 aliphatic heterocycles. The number of nitro groups is 1. The number of hydrogen-bond donors (Lipinski definition) is 1. The van der Waals surface area contributed by atoms with Crippen molar-refractivity contribution in [3.63, 3.8) is 0 Å². The van der Waals surface area contributed by atoms with Crippen molar-refractivity contribution >= 4 is 5.69 Å². The molecule has 0 spiro atoms. The van der Waals surface area contributed by atoms with Crippen LogP contribution in [0.15, 0.2) is 48.5 Å². The van der Waals surface area contributed by atoms with Crippen LogP contribution >= 0.6 is 0 Å². The van der Waals surface area contributed by atoms with Gasteiger partial charge in [-0.05, 0) is 29.3 Å². The van der Waals surface area contributed by atoms with Crippen LogP contribution in [0.4, 0.5) is 5.69 Å². The molecule has 0 aromatic heterocycles. The van der Waals surface area contributed by atoms with Gasteiger partial charge in [-0.3, -0.25) is 10.1 Å². The smallest absolute Gasteiger partial charge is 0.270 e. The summed E-state index contributed by atoms with van der Waals surface area (Å²) in [6.45, 7) is 3.78. The second kappa shape index (κ2) is 6.11. The molecule has 0 amide bonds. The molecule has 19 heavy (non-hydrogen) atoms. The normalized spacial score (nSPS) is 10.4. The molecule has 1 N–H and O–H groups in total. The molecule has 0 heterocycles. The van der Waals surface area contributed by atoms with Crippen molar-refractivity contribution in [1.29, 1.82) is 0 Å². The fourth-order valence-electron chi connectivity index (χ4n) is 1.93. The lowest BCUT2D eigenvalue weighted by atomic mass is 10.0. The second-order valence-corrected chi connectivity index (χ2v) is 4.29. The van der Waals surface area contributed by atoms with E-state index in [0.717, 1.165) is 24.2 Å². The van der Waals surface area contributed by atoms with Gasteiger partial charge in [-0.15, -0.1) is 0 Å². The molecule has 4 heteroatoms. The Morgan fingerprint density at radius 2 is 1.79 bits per heavy atom. The zero-order chi connectivity index (χ0) is 13.7. The average Bonchev–Trinajstić information content (AvgIpc) is 2.45. The van der Waals surface area contributed by atoms with Crippen LogP contribution < -0.4 is 5.32 Å². The number of non-ortho nitro benzene ring substituents is 1. The minimum absolute atomic E-state index is 0.120. The van der Waals surface area contributed by atoms with Crippen molar-refractivity contribution < 1.29 is 4.92 Å². The summed E-state index contributed by atoms with van der Waals surface area (Å²) in [5, 5.41) is 14.1. The van der Waals surface area contributed by atoms with Crippen LogP contribution in [0.2, 0.25) is 0 Å². The predicted molar refractivity (Wildman–Crippen MR) is 75.9 cm³/mol. The minimum Gasteiger partial charge on any atom is -0.313 e. The lowest BCUT2D eigenvalue weighted by molar-refractivity contribution is -0.384. The van der Waals surface area contributed by atoms with Crippen LogP contribution in [0.25, 0.3) is 11.1 Å². The number of nitro benzene ring substituents is 1. The predicted octanol–water partition coefficient (Wildman–Crippen LogP) is 3.37. The third kappa shape index (κ3) is 3.39. The summed E-state index contributed by atoms with van der Waals surface area (Å²) < 4.78 is 0. The van der Waals surface area contributed by atoms with Gasteiger partial charge in [-0.1, -0.05) is 37.3 Å². The Hall–Kier alpha value is -2.20. The highest BCUT2D eigenvalue weighted by Crippen LogP contribution is 2.24. The van der Waals surface area contributed by atoms with Crippen LogP contribution in [0, 0.1) is 10.1 Å². The highest BCUT2D eigenvalue weighted by Gasteiger charge is 2.07. The monoisotopic (exact) mass is 256 g/mol. The summed E-state index contributed by atoms with van der Waals surface area (Å²) in [5.41, 5.74) is 3.16. The molecule has 0 saturated carbocycles. The third-order valence-corrected chi connectivity index (χ3v) is 2.90. The van der Waals surface area contributed by atoms with Crippen molar-refractivity contribution in [3.05, 3.63) is 64.2 Å². The molecule has 0 aliphatic carbocycles. The standard InChI is InChI=1S/C15H16N2O2/c1-2-16-11-12-5-3-6-13(9-12)14-7-4-8-15(10-14)17(18)19/h3-10,16H,2,11H2,1H3. The molecule has 0 fully saturated rings. The van der Waals surface area contributed by atoms with Crippen LogP contribution in [-0.2, 0) is 6.54 Å². The molecule has 0 atom stereocenters. The van der Waals surface area contributed by atoms with Gasteiger partial charge in [0.25, 0.3) is 5.69 Å². The number of hydrogen-bond acceptors (Lipinski definition) is 3. The van der Waals surface area contributed by atoms with E-state index in [0.29, 0.717) is 0 Å². The molecule has 0 radical (unpaired) electrons. The van der Waals surface area contributed by atoms with Crippen molar-refractivity contribution in [2.45, 2.75) is 13.5 Å². The maximum Gasteiger partial charge on any atom is 0.270 e. The molecule has 0 aliphatic rings. The Bertz CT molecular complexity index is 582. The van der Waals surface area contributed by atoms with E-state index >= 15 is 0 Å². The van der Waals surface area contributed by atoms with Crippen LogP contribution in [0.3, 0.4) is 0 Å². The number of rotatable bonds is 5. The maximum absolute atomic E-state index is 10.8. The fraction of sp³-hybridized carbons (Fsp3) is 0.200. The first-order chi connectivity index (χ1) is 9.20. The first kappa shape index (κ1) is 13.2. The van der Waals surface area contributed by atoms with Crippen LogP contribution in [0.5, 0.6) is 0 Å². The minimum atomic E-state index is -0.369. The van der Waals surface area contributed by atoms with Crippen LogP contribution in [0.1, 0.15) is 12.5 Å². The first-order valence-electron chi connectivity index (χ1n) is 6.25. The quantitative estimate of drug-likeness (QED) is 0.659. The van der Waals surface area contributed by atoms with E-state index in [1.54, 1.807) is 12.1 Å². The van der Waals surface area contributed by atoms with Gasteiger partial charge in [0, 0.05) is 18.7 Å². The Labute approximate surface area is 112 Å². The van der Waals surface area contributed by atoms with Crippen molar-refractivity contribution in [3.8, 4) is 11.1 Å². The average molecular weight is 256 g/mol. The van der Waals surface area contributed by atoms with E-state index in [-0.39, 0.29) is 10.6 Å². The van der Waals surface area contributed by atoms with Gasteiger partial charge in [-0.2, -0.15) is 0 Å². The van der Waals surface area contributed by atoms with Gasteiger partial charge in [-0.25, -0.2) is 0 Å². The van der Waals surface area contributed by atoms with Crippen molar-refractivity contribution in [1.82, 2.24) is 5.32 Å². The Kier molecular flexibility index (Phi) is 4.26. The number of nitrogens with one attached hydrogen (secondary N) is 1. The SMILES string of the molecule is CCNCc1cccc(-c2cccc([N+](=O)[O-])c2)c1. The summed E-state index contributed by atoms with van der Waals surface area (Å²) >= 11 is 0. The van der Waals surface area contributed by atoms with Crippen molar-refractivity contribution in [2.24, 2.45) is 0 Å². The summed E-state index contributed by atoms with van der Waals surface area (Å²) in [5.74, 6) is 0. The van der Waals surface area contributed by atoms with Gasteiger partial charge in [0.2, 0.25) is 0 Å². The number of nitrogens with zero attached hydrogens (tertiary/aromatic N) is 1. The summed E-state index contributed by atoms with van der Waals surface area (Å²) in [6.07, 6.45) is 0. The lowest BCUT2D eigenvalue weighted by Crippen LogP contribution is -2.11. The molecule has 4 nitrogen and oxygen atoms in total. The van der Waals surface area contributed by atoms with Gasteiger partial charge in [0.1, 0.15) is 0 Å². The second-order valence-electron chi connectivity index (χ2n) is 4.29. The Morgan fingerprint density at radius 3 is 2.47 bits per heavy atom. The third-order valence-electron chi connectivity index (χ3n) is 2.90. The molecule has 98 valence electrons. The van der Waals surface area contributed by atoms with Crippen LogP contribution in [-0.4, -0.2) is 11.5 Å².